The second-order valence-electron chi connectivity index (χ2n) is 15.6. The Morgan fingerprint density at radius 1 is 0.578 bits per heavy atom. The fourth-order valence-electron chi connectivity index (χ4n) is 6.92. The number of alkyl halides is 6. The molecule has 2 atom stereocenters. The van der Waals surface area contributed by atoms with Crippen molar-refractivity contribution in [2.75, 3.05) is 12.5 Å². The van der Waals surface area contributed by atoms with Gasteiger partial charge in [-0.1, -0.05) is 48.0 Å². The summed E-state index contributed by atoms with van der Waals surface area (Å²) in [7, 11) is -7.36. The van der Waals surface area contributed by atoms with Crippen LogP contribution in [0.4, 0.5) is 26.3 Å². The Kier molecular flexibility index (Phi) is 13.9. The largest absolute Gasteiger partial charge is 0.480 e. The number of aryl methyl sites for hydroxylation is 1. The molecule has 5 aromatic carbocycles. The first-order valence-electron chi connectivity index (χ1n) is 19.4. The molecule has 340 valence electrons. The fraction of sp³-hybridized carbons (Fsp3) is 0.289. The zero-order valence-electron chi connectivity index (χ0n) is 34.8. The summed E-state index contributed by atoms with van der Waals surface area (Å²) in [5.74, 6) is -1.82. The molecule has 0 aliphatic carbocycles. The van der Waals surface area contributed by atoms with Crippen molar-refractivity contribution in [1.82, 2.24) is 9.80 Å². The molecule has 2 aliphatic heterocycles. The van der Waals surface area contributed by atoms with Gasteiger partial charge in [-0.25, -0.2) is 16.8 Å². The Morgan fingerprint density at radius 3 is 1.44 bits per heavy atom. The molecule has 0 aromatic heterocycles. The average molecular weight is 1040 g/mol. The van der Waals surface area contributed by atoms with Crippen LogP contribution < -0.4 is 9.47 Å². The van der Waals surface area contributed by atoms with Crippen LogP contribution in [0.3, 0.4) is 0 Å². The minimum atomic E-state index is -4.65. The van der Waals surface area contributed by atoms with E-state index in [1.54, 1.807) is 0 Å². The summed E-state index contributed by atoms with van der Waals surface area (Å²) in [4.78, 5) is 29.1. The zero-order chi connectivity index (χ0) is 47.1. The lowest BCUT2D eigenvalue weighted by atomic mass is 9.99. The van der Waals surface area contributed by atoms with Gasteiger partial charge in [-0.2, -0.15) is 26.3 Å². The molecule has 7 rings (SSSR count). The monoisotopic (exact) mass is 1040 g/mol. The highest BCUT2D eigenvalue weighted by Gasteiger charge is 2.40. The number of ether oxygens (including phenoxy) is 2. The molecule has 2 amide bonds. The van der Waals surface area contributed by atoms with Crippen LogP contribution in [0.5, 0.6) is 11.5 Å². The Labute approximate surface area is 380 Å². The topological polar surface area (TPSA) is 127 Å². The van der Waals surface area contributed by atoms with Crippen LogP contribution in [0.2, 0.25) is 0 Å². The highest BCUT2D eigenvalue weighted by molar-refractivity contribution is 14.1. The number of hydrogen-bond acceptors (Lipinski definition) is 8. The number of benzene rings is 5. The number of amides is 2. The first-order valence-corrected chi connectivity index (χ1v) is 24.2. The van der Waals surface area contributed by atoms with Crippen molar-refractivity contribution in [2.45, 2.75) is 81.3 Å². The van der Waals surface area contributed by atoms with Crippen LogP contribution in [0.1, 0.15) is 62.4 Å². The Morgan fingerprint density at radius 2 is 1.00 bits per heavy atom. The fourth-order valence-corrected chi connectivity index (χ4v) is 8.77. The molecule has 5 aromatic rings. The third-order valence-electron chi connectivity index (χ3n) is 10.5. The summed E-state index contributed by atoms with van der Waals surface area (Å²) in [5.41, 5.74) is 6.41. The van der Waals surface area contributed by atoms with Gasteiger partial charge >= 0.3 is 12.4 Å². The number of fused-ring (bicyclic) bond motifs is 2. The first-order chi connectivity index (χ1) is 29.7. The Hall–Kier alpha value is -5.15. The third kappa shape index (κ3) is 11.4. The SMILES string of the molecule is C[C@H](Oc1ccc(S(C)(=O)=O)cc1C(=O)N1Cc2ccc(I)cc2C1)C(F)(F)F.Cc1cccc(-c2ccc3c(c2)CN(C(=O)c2cc(S(C)(=O)=O)ccc2OC(C)C(F)(F)F)C3)c1. The van der Waals surface area contributed by atoms with Crippen molar-refractivity contribution in [3.8, 4) is 22.6 Å². The summed E-state index contributed by atoms with van der Waals surface area (Å²) >= 11 is 2.15. The van der Waals surface area contributed by atoms with Crippen LogP contribution in [0.15, 0.2) is 107 Å². The second-order valence-corrected chi connectivity index (χ2v) is 20.8. The normalized spacial score (nSPS) is 14.8. The van der Waals surface area contributed by atoms with Gasteiger partial charge in [-0.3, -0.25) is 9.59 Å². The maximum Gasteiger partial charge on any atom is 0.425 e. The van der Waals surface area contributed by atoms with Gasteiger partial charge in [0, 0.05) is 42.3 Å². The van der Waals surface area contributed by atoms with E-state index in [1.165, 1.54) is 9.80 Å². The molecular weight excluding hydrogens is 1000 g/mol. The molecule has 10 nitrogen and oxygen atoms in total. The predicted octanol–water partition coefficient (Wildman–Crippen LogP) is 9.73. The molecule has 0 spiro atoms. The molecule has 0 fully saturated rings. The zero-order valence-corrected chi connectivity index (χ0v) is 38.6. The third-order valence-corrected chi connectivity index (χ3v) is 13.4. The molecular formula is C45H41F6IN2O8S2. The van der Waals surface area contributed by atoms with Gasteiger partial charge in [-0.05, 0) is 131 Å². The molecule has 2 aliphatic rings. The summed E-state index contributed by atoms with van der Waals surface area (Å²) in [6, 6.07) is 26.2. The number of rotatable bonds is 9. The van der Waals surface area contributed by atoms with Crippen molar-refractivity contribution in [2.24, 2.45) is 0 Å². The quantitative estimate of drug-likeness (QED) is 0.106. The van der Waals surface area contributed by atoms with Crippen LogP contribution in [-0.2, 0) is 45.9 Å². The van der Waals surface area contributed by atoms with E-state index >= 15 is 0 Å². The number of halogens is 7. The molecule has 64 heavy (non-hydrogen) atoms. The second kappa shape index (κ2) is 18.4. The maximum atomic E-state index is 13.4. The van der Waals surface area contributed by atoms with E-state index in [2.05, 4.69) is 28.7 Å². The molecule has 0 radical (unpaired) electrons. The molecule has 0 bridgehead atoms. The van der Waals surface area contributed by atoms with Crippen LogP contribution >= 0.6 is 22.6 Å². The number of sulfone groups is 2. The Balaban J connectivity index is 0.000000216. The summed E-state index contributed by atoms with van der Waals surface area (Å²) in [6.07, 6.45) is -11.7. The van der Waals surface area contributed by atoms with E-state index in [0.29, 0.717) is 0 Å². The average Bonchev–Trinajstić information content (AvgIpc) is 3.83. The van der Waals surface area contributed by atoms with E-state index < -0.39 is 56.0 Å². The van der Waals surface area contributed by atoms with Gasteiger partial charge < -0.3 is 19.3 Å². The van der Waals surface area contributed by atoms with Gasteiger partial charge in [0.25, 0.3) is 11.8 Å². The number of hydrogen-bond donors (Lipinski definition) is 0. The summed E-state index contributed by atoms with van der Waals surface area (Å²) in [5, 5.41) is 0. The maximum absolute atomic E-state index is 13.4. The van der Waals surface area contributed by atoms with Crippen molar-refractivity contribution >= 4 is 54.1 Å². The van der Waals surface area contributed by atoms with E-state index in [9.17, 15) is 52.8 Å². The first kappa shape index (κ1) is 48.3. The molecule has 0 saturated carbocycles. The number of nitrogens with zero attached hydrogens (tertiary/aromatic N) is 2. The van der Waals surface area contributed by atoms with E-state index in [-0.39, 0.29) is 58.6 Å². The minimum absolute atomic E-state index is 0.167. The van der Waals surface area contributed by atoms with Crippen molar-refractivity contribution in [1.29, 1.82) is 0 Å². The van der Waals surface area contributed by atoms with E-state index in [4.69, 9.17) is 9.47 Å². The summed E-state index contributed by atoms with van der Waals surface area (Å²) < 4.78 is 137. The lowest BCUT2D eigenvalue weighted by Gasteiger charge is -2.22. The van der Waals surface area contributed by atoms with Gasteiger partial charge in [-0.15, -0.1) is 0 Å². The van der Waals surface area contributed by atoms with Gasteiger partial charge in [0.05, 0.1) is 20.9 Å². The predicted molar refractivity (Wildman–Crippen MR) is 234 cm³/mol. The van der Waals surface area contributed by atoms with Gasteiger partial charge in [0.15, 0.2) is 31.9 Å². The van der Waals surface area contributed by atoms with Crippen LogP contribution in [0, 0.1) is 10.5 Å². The lowest BCUT2D eigenvalue weighted by Crippen LogP contribution is -2.32. The van der Waals surface area contributed by atoms with Crippen molar-refractivity contribution in [3.63, 3.8) is 0 Å². The smallest absolute Gasteiger partial charge is 0.425 e. The van der Waals surface area contributed by atoms with Crippen molar-refractivity contribution < 1.29 is 62.2 Å². The minimum Gasteiger partial charge on any atom is -0.480 e. The van der Waals surface area contributed by atoms with Gasteiger partial charge in [0.2, 0.25) is 0 Å². The molecule has 0 saturated heterocycles. The molecule has 19 heteroatoms. The molecule has 0 N–H and O–H groups in total. The van der Waals surface area contributed by atoms with Gasteiger partial charge in [0.1, 0.15) is 11.5 Å². The lowest BCUT2D eigenvalue weighted by molar-refractivity contribution is -0.189. The van der Waals surface area contributed by atoms with Crippen LogP contribution in [-0.4, -0.2) is 75.5 Å². The van der Waals surface area contributed by atoms with E-state index in [1.807, 2.05) is 61.5 Å². The highest BCUT2D eigenvalue weighted by atomic mass is 127. The molecule has 2 heterocycles. The summed E-state index contributed by atoms with van der Waals surface area (Å²) in [6.45, 7) is 4.71. The molecule has 1 unspecified atom stereocenters. The van der Waals surface area contributed by atoms with Crippen LogP contribution in [0.25, 0.3) is 11.1 Å². The number of carbonyl (C=O) groups excluding carboxylic acids is 2. The Bertz CT molecular complexity index is 2850. The highest BCUT2D eigenvalue weighted by Crippen LogP contribution is 2.35. The number of carbonyl (C=O) groups is 2. The van der Waals surface area contributed by atoms with E-state index in [0.717, 1.165) is 105 Å². The standard InChI is InChI=1S/C26H24F3NO4S.C19H17F3INO4S/c1-16-5-4-6-18(11-16)19-7-8-20-14-30(15-21(20)12-19)25(31)23-13-22(35(3,32)33)9-10-24(23)34-17(2)26(27,28)29;1-11(19(20,21)22)28-17-6-5-15(29(2,26)27)8-16(17)18(25)24-9-12-3-4-14(23)7-13(12)10-24/h4-13,17H,14-15H2,1-3H3;3-8,11H,9-10H2,1-2H3/t;11-/m.0/s1. The van der Waals surface area contributed by atoms with Crippen molar-refractivity contribution in [3.05, 3.63) is 140 Å².